The molecule has 0 aliphatic carbocycles. The number of carbonyl (C=O) groups excluding carboxylic acids is 2. The molecule has 0 saturated heterocycles. The molecule has 2 heterocycles. The predicted molar refractivity (Wildman–Crippen MR) is 122 cm³/mol. The average molecular weight is 462 g/mol. The van der Waals surface area contributed by atoms with Gasteiger partial charge in [-0.3, -0.25) is 9.59 Å². The maximum absolute atomic E-state index is 13.8. The Morgan fingerprint density at radius 3 is 2.65 bits per heavy atom. The van der Waals surface area contributed by atoms with E-state index < -0.39 is 17.8 Å². The molecule has 0 saturated carbocycles. The number of halogens is 1. The highest BCUT2D eigenvalue weighted by Crippen LogP contribution is 2.43. The molecule has 1 N–H and O–H groups in total. The smallest absolute Gasteiger partial charge is 0.254 e. The Morgan fingerprint density at radius 2 is 1.85 bits per heavy atom. The summed E-state index contributed by atoms with van der Waals surface area (Å²) in [6, 6.07) is 17.5. The second-order valence-corrected chi connectivity index (χ2v) is 8.11. The molecule has 2 atom stereocenters. The van der Waals surface area contributed by atoms with E-state index in [4.69, 9.17) is 14.2 Å². The Balaban J connectivity index is 1.58. The highest BCUT2D eigenvalue weighted by Gasteiger charge is 2.44. The summed E-state index contributed by atoms with van der Waals surface area (Å²) in [5.41, 5.74) is 2.28. The van der Waals surface area contributed by atoms with Crippen molar-refractivity contribution in [2.75, 3.05) is 32.4 Å². The van der Waals surface area contributed by atoms with Gasteiger partial charge in [0.05, 0.1) is 18.6 Å². The van der Waals surface area contributed by atoms with Crippen LogP contribution in [0.1, 0.15) is 33.4 Å². The van der Waals surface area contributed by atoms with Crippen molar-refractivity contribution in [3.63, 3.8) is 0 Å². The van der Waals surface area contributed by atoms with Crippen LogP contribution in [0, 0.1) is 5.82 Å². The molecular formula is C26H23FN2O5. The number of carbonyl (C=O) groups is 2. The number of hydrogen-bond donors (Lipinski definition) is 1. The van der Waals surface area contributed by atoms with Gasteiger partial charge < -0.3 is 24.4 Å². The Bertz CT molecular complexity index is 1230. The number of rotatable bonds is 6. The van der Waals surface area contributed by atoms with Gasteiger partial charge in [0, 0.05) is 31.0 Å². The Labute approximate surface area is 196 Å². The highest BCUT2D eigenvalue weighted by molar-refractivity contribution is 6.04. The van der Waals surface area contributed by atoms with Crippen molar-refractivity contribution in [3.8, 4) is 11.5 Å². The molecule has 0 spiro atoms. The molecule has 0 aromatic heterocycles. The first-order chi connectivity index (χ1) is 16.6. The van der Waals surface area contributed by atoms with Crippen LogP contribution < -0.4 is 14.8 Å². The molecule has 174 valence electrons. The summed E-state index contributed by atoms with van der Waals surface area (Å²) in [4.78, 5) is 28.9. The van der Waals surface area contributed by atoms with Crippen LogP contribution in [0.2, 0.25) is 0 Å². The van der Waals surface area contributed by atoms with Gasteiger partial charge in [0.25, 0.3) is 5.91 Å². The van der Waals surface area contributed by atoms with Gasteiger partial charge in [-0.05, 0) is 41.5 Å². The van der Waals surface area contributed by atoms with Crippen molar-refractivity contribution in [1.82, 2.24) is 4.90 Å². The van der Waals surface area contributed by atoms with Crippen molar-refractivity contribution < 1.29 is 28.2 Å². The first-order valence-electron chi connectivity index (χ1n) is 10.9. The van der Waals surface area contributed by atoms with E-state index in [9.17, 15) is 14.0 Å². The molecule has 3 aromatic carbocycles. The number of nitrogens with zero attached hydrogens (tertiary/aromatic N) is 1. The largest absolute Gasteiger partial charge is 0.454 e. The van der Waals surface area contributed by atoms with Gasteiger partial charge in [-0.2, -0.15) is 0 Å². The van der Waals surface area contributed by atoms with E-state index in [1.807, 2.05) is 0 Å². The van der Waals surface area contributed by atoms with Crippen LogP contribution in [-0.4, -0.2) is 43.8 Å². The quantitative estimate of drug-likeness (QED) is 0.596. The number of fused-ring (bicyclic) bond motifs is 2. The molecule has 2 amide bonds. The zero-order valence-electron chi connectivity index (χ0n) is 18.5. The van der Waals surface area contributed by atoms with E-state index in [0.29, 0.717) is 40.5 Å². The molecule has 5 rings (SSSR count). The van der Waals surface area contributed by atoms with Crippen LogP contribution in [0.3, 0.4) is 0 Å². The summed E-state index contributed by atoms with van der Waals surface area (Å²) < 4.78 is 29.7. The van der Waals surface area contributed by atoms with E-state index >= 15 is 0 Å². The second kappa shape index (κ2) is 9.15. The summed E-state index contributed by atoms with van der Waals surface area (Å²) in [7, 11) is 1.55. The fraction of sp³-hybridized carbons (Fsp3) is 0.231. The predicted octanol–water partition coefficient (Wildman–Crippen LogP) is 4.12. The average Bonchev–Trinajstić information content (AvgIpc) is 3.32. The van der Waals surface area contributed by atoms with Crippen LogP contribution in [-0.2, 0) is 9.53 Å². The molecule has 8 heteroatoms. The maximum Gasteiger partial charge on any atom is 0.254 e. The molecule has 0 fully saturated rings. The first kappa shape index (κ1) is 21.9. The standard InChI is InChI=1S/C26H23FN2O5/c1-32-13-12-29-24(16-6-8-17(27)9-7-16)23(19-4-2-3-5-20(19)26(29)31)25(30)28-18-10-11-21-22(14-18)34-15-33-21/h2-11,14,23-24H,12-13,15H2,1H3,(H,28,30)/t23-,24+/m1/s1. The van der Waals surface area contributed by atoms with Crippen molar-refractivity contribution >= 4 is 17.5 Å². The Hall–Kier alpha value is -3.91. The summed E-state index contributed by atoms with van der Waals surface area (Å²) in [5.74, 6) is -0.460. The van der Waals surface area contributed by atoms with E-state index in [1.165, 1.54) is 12.1 Å². The van der Waals surface area contributed by atoms with Gasteiger partial charge in [-0.1, -0.05) is 30.3 Å². The first-order valence-corrected chi connectivity index (χ1v) is 10.9. The lowest BCUT2D eigenvalue weighted by molar-refractivity contribution is -0.119. The van der Waals surface area contributed by atoms with E-state index in [2.05, 4.69) is 5.32 Å². The van der Waals surface area contributed by atoms with Gasteiger partial charge in [0.2, 0.25) is 12.7 Å². The third-order valence-electron chi connectivity index (χ3n) is 6.11. The monoisotopic (exact) mass is 462 g/mol. The van der Waals surface area contributed by atoms with Crippen LogP contribution in [0.5, 0.6) is 11.5 Å². The zero-order chi connectivity index (χ0) is 23.7. The van der Waals surface area contributed by atoms with Crippen molar-refractivity contribution in [2.24, 2.45) is 0 Å². The molecular weight excluding hydrogens is 439 g/mol. The van der Waals surface area contributed by atoms with Crippen molar-refractivity contribution in [3.05, 3.63) is 89.2 Å². The lowest BCUT2D eigenvalue weighted by Crippen LogP contribution is -2.47. The topological polar surface area (TPSA) is 77.1 Å². The third-order valence-corrected chi connectivity index (χ3v) is 6.11. The number of nitrogens with one attached hydrogen (secondary N) is 1. The number of benzene rings is 3. The number of amides is 2. The van der Waals surface area contributed by atoms with E-state index in [-0.39, 0.29) is 25.2 Å². The summed E-state index contributed by atoms with van der Waals surface area (Å²) in [6.07, 6.45) is 0. The normalized spacial score (nSPS) is 18.5. The van der Waals surface area contributed by atoms with Crippen LogP contribution in [0.4, 0.5) is 10.1 Å². The fourth-order valence-corrected chi connectivity index (χ4v) is 4.54. The molecule has 7 nitrogen and oxygen atoms in total. The number of ether oxygens (including phenoxy) is 3. The molecule has 2 aliphatic rings. The van der Waals surface area contributed by atoms with Crippen LogP contribution in [0.25, 0.3) is 0 Å². The Kier molecular flexibility index (Phi) is 5.90. The third kappa shape index (κ3) is 3.97. The lowest BCUT2D eigenvalue weighted by Gasteiger charge is -2.41. The number of methoxy groups -OCH3 is 1. The van der Waals surface area contributed by atoms with E-state index in [1.54, 1.807) is 66.6 Å². The van der Waals surface area contributed by atoms with Gasteiger partial charge in [0.1, 0.15) is 5.82 Å². The minimum Gasteiger partial charge on any atom is -0.454 e. The number of anilines is 1. The van der Waals surface area contributed by atoms with Gasteiger partial charge in [-0.25, -0.2) is 4.39 Å². The fourth-order valence-electron chi connectivity index (χ4n) is 4.54. The highest BCUT2D eigenvalue weighted by atomic mass is 19.1. The molecule has 0 radical (unpaired) electrons. The lowest BCUT2D eigenvalue weighted by atomic mass is 9.79. The second-order valence-electron chi connectivity index (χ2n) is 8.11. The van der Waals surface area contributed by atoms with Gasteiger partial charge in [-0.15, -0.1) is 0 Å². The summed E-state index contributed by atoms with van der Waals surface area (Å²) >= 11 is 0. The van der Waals surface area contributed by atoms with Crippen LogP contribution in [0.15, 0.2) is 66.7 Å². The Morgan fingerprint density at radius 1 is 1.09 bits per heavy atom. The number of hydrogen-bond acceptors (Lipinski definition) is 5. The summed E-state index contributed by atoms with van der Waals surface area (Å²) in [6.45, 7) is 0.702. The van der Waals surface area contributed by atoms with Crippen molar-refractivity contribution in [2.45, 2.75) is 12.0 Å². The van der Waals surface area contributed by atoms with Crippen molar-refractivity contribution in [1.29, 1.82) is 0 Å². The van der Waals surface area contributed by atoms with E-state index in [0.717, 1.165) is 0 Å². The molecule has 0 bridgehead atoms. The molecule has 34 heavy (non-hydrogen) atoms. The maximum atomic E-state index is 13.8. The van der Waals surface area contributed by atoms with Gasteiger partial charge in [0.15, 0.2) is 11.5 Å². The van der Waals surface area contributed by atoms with Crippen LogP contribution >= 0.6 is 0 Å². The molecule has 0 unspecified atom stereocenters. The zero-order valence-corrected chi connectivity index (χ0v) is 18.5. The molecule has 3 aromatic rings. The SMILES string of the molecule is COCCN1C(=O)c2ccccc2[C@@H](C(=O)Nc2ccc3c(c2)OCO3)[C@@H]1c1ccc(F)cc1. The minimum absolute atomic E-state index is 0.131. The summed E-state index contributed by atoms with van der Waals surface area (Å²) in [5, 5.41) is 2.97. The minimum atomic E-state index is -0.735. The molecule has 2 aliphatic heterocycles. The van der Waals surface area contributed by atoms with Gasteiger partial charge >= 0.3 is 0 Å².